The number of Topliss-reactive ketones (excluding diaryl/α,β-unsaturated/α-hetero) is 1. The summed E-state index contributed by atoms with van der Waals surface area (Å²) >= 11 is 1.44. The largest absolute Gasteiger partial charge is 0.512 e. The van der Waals surface area contributed by atoms with E-state index in [0.717, 1.165) is 17.0 Å². The third kappa shape index (κ3) is 5.15. The molecule has 0 fully saturated rings. The molecule has 154 valence electrons. The van der Waals surface area contributed by atoms with E-state index in [9.17, 15) is 23.1 Å². The molecule has 29 heavy (non-hydrogen) atoms. The highest BCUT2D eigenvalue weighted by Gasteiger charge is 2.31. The van der Waals surface area contributed by atoms with Gasteiger partial charge in [0, 0.05) is 23.3 Å². The lowest BCUT2D eigenvalue weighted by atomic mass is 9.83. The van der Waals surface area contributed by atoms with E-state index in [0.29, 0.717) is 41.9 Å². The van der Waals surface area contributed by atoms with E-state index in [1.807, 2.05) is 0 Å². The molecule has 0 saturated heterocycles. The third-order valence-corrected chi connectivity index (χ3v) is 5.92. The number of alkyl halides is 3. The standard InChI is InChI=1S/C22H21F3O3S/c1-28-20-5-3-2-4-17(20)21-18(26)12-14(13-19(21)27)10-11-29-16-8-6-15(7-9-16)22(23,24)25/h2-9,14,26H,10-13H2,1H3. The Hall–Kier alpha value is -2.41. The third-order valence-electron chi connectivity index (χ3n) is 4.88. The number of ketones is 1. The number of allylic oxidation sites excluding steroid dienone is 2. The second-order valence-electron chi connectivity index (χ2n) is 6.88. The Balaban J connectivity index is 1.60. The van der Waals surface area contributed by atoms with Crippen LogP contribution in [0.1, 0.15) is 30.4 Å². The van der Waals surface area contributed by atoms with E-state index in [1.165, 1.54) is 31.0 Å². The van der Waals surface area contributed by atoms with Gasteiger partial charge in [0.1, 0.15) is 11.5 Å². The van der Waals surface area contributed by atoms with Gasteiger partial charge in [-0.3, -0.25) is 4.79 Å². The van der Waals surface area contributed by atoms with Crippen molar-refractivity contribution in [3.63, 3.8) is 0 Å². The summed E-state index contributed by atoms with van der Waals surface area (Å²) in [5.74, 6) is 1.14. The van der Waals surface area contributed by atoms with Crippen molar-refractivity contribution in [2.45, 2.75) is 30.3 Å². The molecule has 1 unspecified atom stereocenters. The lowest BCUT2D eigenvalue weighted by Crippen LogP contribution is -2.19. The minimum Gasteiger partial charge on any atom is -0.512 e. The molecule has 0 bridgehead atoms. The van der Waals surface area contributed by atoms with Gasteiger partial charge in [0.05, 0.1) is 18.2 Å². The van der Waals surface area contributed by atoms with Crippen LogP contribution in [0.4, 0.5) is 13.2 Å². The Labute approximate surface area is 171 Å². The van der Waals surface area contributed by atoms with Gasteiger partial charge >= 0.3 is 6.18 Å². The maximum atomic E-state index is 12.7. The molecular weight excluding hydrogens is 401 g/mol. The number of halogens is 3. The highest BCUT2D eigenvalue weighted by molar-refractivity contribution is 7.99. The summed E-state index contributed by atoms with van der Waals surface area (Å²) in [7, 11) is 1.52. The number of hydrogen-bond acceptors (Lipinski definition) is 4. The molecule has 2 aromatic rings. The minimum atomic E-state index is -4.34. The molecule has 1 N–H and O–H groups in total. The van der Waals surface area contributed by atoms with Gasteiger partial charge in [-0.25, -0.2) is 0 Å². The maximum Gasteiger partial charge on any atom is 0.416 e. The van der Waals surface area contributed by atoms with Crippen molar-refractivity contribution in [3.05, 3.63) is 65.4 Å². The lowest BCUT2D eigenvalue weighted by molar-refractivity contribution is -0.137. The summed E-state index contributed by atoms with van der Waals surface area (Å²) in [4.78, 5) is 13.4. The number of methoxy groups -OCH3 is 1. The Morgan fingerprint density at radius 2 is 1.79 bits per heavy atom. The highest BCUT2D eigenvalue weighted by Crippen LogP contribution is 2.38. The molecule has 2 aromatic carbocycles. The monoisotopic (exact) mass is 422 g/mol. The number of rotatable bonds is 6. The van der Waals surface area contributed by atoms with Crippen molar-refractivity contribution in [1.29, 1.82) is 0 Å². The maximum absolute atomic E-state index is 12.7. The predicted octanol–water partition coefficient (Wildman–Crippen LogP) is 6.14. The fourth-order valence-corrected chi connectivity index (χ4v) is 4.43. The molecule has 1 atom stereocenters. The average Bonchev–Trinajstić information content (AvgIpc) is 2.67. The van der Waals surface area contributed by atoms with Gasteiger partial charge in [-0.05, 0) is 48.4 Å². The van der Waals surface area contributed by atoms with Crippen LogP contribution in [0.5, 0.6) is 5.75 Å². The molecule has 1 aliphatic rings. The van der Waals surface area contributed by atoms with Crippen molar-refractivity contribution >= 4 is 23.1 Å². The molecule has 1 aliphatic carbocycles. The summed E-state index contributed by atoms with van der Waals surface area (Å²) in [5, 5.41) is 10.5. The minimum absolute atomic E-state index is 0.00269. The highest BCUT2D eigenvalue weighted by atomic mass is 32.2. The smallest absolute Gasteiger partial charge is 0.416 e. The molecule has 0 aromatic heterocycles. The van der Waals surface area contributed by atoms with Crippen molar-refractivity contribution in [2.24, 2.45) is 5.92 Å². The normalized spacial score (nSPS) is 17.5. The van der Waals surface area contributed by atoms with Gasteiger partial charge in [-0.2, -0.15) is 13.2 Å². The first-order valence-corrected chi connectivity index (χ1v) is 10.2. The molecule has 0 amide bonds. The van der Waals surface area contributed by atoms with Crippen molar-refractivity contribution < 1.29 is 27.8 Å². The predicted molar refractivity (Wildman–Crippen MR) is 107 cm³/mol. The summed E-state index contributed by atoms with van der Waals surface area (Å²) in [6, 6.07) is 12.1. The molecule has 0 saturated carbocycles. The molecule has 3 nitrogen and oxygen atoms in total. The second-order valence-corrected chi connectivity index (χ2v) is 8.05. The quantitative estimate of drug-likeness (QED) is 0.568. The van der Waals surface area contributed by atoms with Crippen molar-refractivity contribution in [1.82, 2.24) is 0 Å². The van der Waals surface area contributed by atoms with E-state index in [4.69, 9.17) is 4.74 Å². The van der Waals surface area contributed by atoms with Gasteiger partial charge in [0.25, 0.3) is 0 Å². The molecule has 0 radical (unpaired) electrons. The first kappa shape index (κ1) is 21.3. The van der Waals surface area contributed by atoms with E-state index >= 15 is 0 Å². The molecule has 7 heteroatoms. The lowest BCUT2D eigenvalue weighted by Gasteiger charge is -2.24. The van der Waals surface area contributed by atoms with Crippen molar-refractivity contribution in [2.75, 3.05) is 12.9 Å². The number of benzene rings is 2. The zero-order chi connectivity index (χ0) is 21.0. The molecule has 0 heterocycles. The van der Waals surface area contributed by atoms with Crippen LogP contribution in [0, 0.1) is 5.92 Å². The first-order valence-electron chi connectivity index (χ1n) is 9.18. The summed E-state index contributed by atoms with van der Waals surface area (Å²) in [5.41, 5.74) is 0.239. The number of hydrogen-bond donors (Lipinski definition) is 1. The van der Waals surface area contributed by atoms with E-state index < -0.39 is 11.7 Å². The number of carbonyl (C=O) groups excluding carboxylic acids is 1. The number of aliphatic hydroxyl groups is 1. The van der Waals surface area contributed by atoms with Crippen LogP contribution in [0.25, 0.3) is 5.57 Å². The van der Waals surface area contributed by atoms with Gasteiger partial charge < -0.3 is 9.84 Å². The van der Waals surface area contributed by atoms with E-state index in [2.05, 4.69) is 0 Å². The van der Waals surface area contributed by atoms with E-state index in [-0.39, 0.29) is 17.5 Å². The average molecular weight is 422 g/mol. The Morgan fingerprint density at radius 1 is 1.10 bits per heavy atom. The van der Waals surface area contributed by atoms with Gasteiger partial charge in [-0.15, -0.1) is 11.8 Å². The number of para-hydroxylation sites is 1. The SMILES string of the molecule is COc1ccccc1C1=C(O)CC(CCSc2ccc(C(F)(F)F)cc2)CC1=O. The molecular formula is C22H21F3O3S. The number of ether oxygens (including phenoxy) is 1. The summed E-state index contributed by atoms with van der Waals surface area (Å²) < 4.78 is 43.1. The second kappa shape index (κ2) is 8.95. The molecule has 0 aliphatic heterocycles. The summed E-state index contributed by atoms with van der Waals surface area (Å²) in [6.45, 7) is 0. The zero-order valence-corrected chi connectivity index (χ0v) is 16.6. The fourth-order valence-electron chi connectivity index (χ4n) is 3.42. The first-order chi connectivity index (χ1) is 13.8. The van der Waals surface area contributed by atoms with Crippen LogP contribution in [0.2, 0.25) is 0 Å². The van der Waals surface area contributed by atoms with Crippen LogP contribution in [0.15, 0.2) is 59.2 Å². The van der Waals surface area contributed by atoms with Gasteiger partial charge in [0.15, 0.2) is 5.78 Å². The van der Waals surface area contributed by atoms with Gasteiger partial charge in [0.2, 0.25) is 0 Å². The van der Waals surface area contributed by atoms with Crippen LogP contribution >= 0.6 is 11.8 Å². The summed E-state index contributed by atoms with van der Waals surface area (Å²) in [6.07, 6.45) is -2.94. The zero-order valence-electron chi connectivity index (χ0n) is 15.8. The van der Waals surface area contributed by atoms with Crippen LogP contribution in [-0.2, 0) is 11.0 Å². The fraction of sp³-hybridized carbons (Fsp3) is 0.318. The molecule has 0 spiro atoms. The number of thioether (sulfide) groups is 1. The molecule has 3 rings (SSSR count). The van der Waals surface area contributed by atoms with Gasteiger partial charge in [-0.1, -0.05) is 18.2 Å². The Bertz CT molecular complexity index is 904. The topological polar surface area (TPSA) is 46.5 Å². The number of aliphatic hydroxyl groups excluding tert-OH is 1. The Morgan fingerprint density at radius 3 is 2.41 bits per heavy atom. The van der Waals surface area contributed by atoms with Crippen LogP contribution in [0.3, 0.4) is 0 Å². The van der Waals surface area contributed by atoms with Crippen LogP contribution < -0.4 is 4.74 Å². The van der Waals surface area contributed by atoms with E-state index in [1.54, 1.807) is 24.3 Å². The number of carbonyl (C=O) groups is 1. The van der Waals surface area contributed by atoms with Crippen molar-refractivity contribution in [3.8, 4) is 5.75 Å². The Kier molecular flexibility index (Phi) is 6.57. The van der Waals surface area contributed by atoms with Crippen LogP contribution in [-0.4, -0.2) is 23.8 Å².